The Labute approximate surface area is 196 Å². The lowest BCUT2D eigenvalue weighted by Gasteiger charge is -2.26. The second kappa shape index (κ2) is 12.4. The van der Waals surface area contributed by atoms with Gasteiger partial charge in [-0.05, 0) is 48.2 Å². The fourth-order valence-corrected chi connectivity index (χ4v) is 3.78. The van der Waals surface area contributed by atoms with E-state index in [0.29, 0.717) is 13.3 Å². The molecule has 0 spiro atoms. The van der Waals surface area contributed by atoms with Crippen molar-refractivity contribution >= 4 is 23.3 Å². The van der Waals surface area contributed by atoms with Crippen LogP contribution in [0.1, 0.15) is 44.2 Å². The summed E-state index contributed by atoms with van der Waals surface area (Å²) in [6.45, 7) is 5.61. The van der Waals surface area contributed by atoms with E-state index >= 15 is 0 Å². The standard InChI is InChI=1S/C26H34N4OS/c1-4-6-9-20(5-2)17-31-24-13-8-11-22(15-24)25-16-26(30(3)19-28-25)29-23-12-7-10-21(14-23)18-32-27/h7-16,29H,4-6,17-19,27H2,1-3H3/b20-9+. The molecule has 0 bridgehead atoms. The van der Waals surface area contributed by atoms with Gasteiger partial charge in [0.05, 0.1) is 5.71 Å². The molecule has 0 fully saturated rings. The normalized spacial score (nSPS) is 14.1. The van der Waals surface area contributed by atoms with Gasteiger partial charge < -0.3 is 15.0 Å². The van der Waals surface area contributed by atoms with Crippen LogP contribution in [0.15, 0.2) is 77.1 Å². The van der Waals surface area contributed by atoms with E-state index in [1.807, 2.05) is 25.2 Å². The molecule has 32 heavy (non-hydrogen) atoms. The highest BCUT2D eigenvalue weighted by Gasteiger charge is 2.14. The van der Waals surface area contributed by atoms with Crippen molar-refractivity contribution < 1.29 is 4.74 Å². The van der Waals surface area contributed by atoms with Crippen molar-refractivity contribution in [1.29, 1.82) is 0 Å². The molecule has 170 valence electrons. The molecule has 0 saturated carbocycles. The summed E-state index contributed by atoms with van der Waals surface area (Å²) in [4.78, 5) is 6.85. The molecule has 0 amide bonds. The first-order valence-electron chi connectivity index (χ1n) is 11.2. The van der Waals surface area contributed by atoms with Gasteiger partial charge in [0.15, 0.2) is 0 Å². The minimum absolute atomic E-state index is 0.595. The number of anilines is 1. The quantitative estimate of drug-likeness (QED) is 0.327. The van der Waals surface area contributed by atoms with Crippen LogP contribution in [0.4, 0.5) is 5.69 Å². The Hall–Kier alpha value is -2.70. The summed E-state index contributed by atoms with van der Waals surface area (Å²) in [6.07, 6.45) is 7.66. The lowest BCUT2D eigenvalue weighted by molar-refractivity contribution is 0.348. The Morgan fingerprint density at radius 1 is 1.22 bits per heavy atom. The van der Waals surface area contributed by atoms with Gasteiger partial charge in [-0.2, -0.15) is 0 Å². The van der Waals surface area contributed by atoms with Crippen LogP contribution in [-0.2, 0) is 5.75 Å². The third kappa shape index (κ3) is 6.90. The molecule has 3 rings (SSSR count). The first-order valence-corrected chi connectivity index (χ1v) is 12.2. The maximum absolute atomic E-state index is 6.09. The molecule has 5 nitrogen and oxygen atoms in total. The van der Waals surface area contributed by atoms with Gasteiger partial charge in [-0.15, -0.1) is 0 Å². The number of ether oxygens (including phenoxy) is 1. The molecular weight excluding hydrogens is 416 g/mol. The first-order chi connectivity index (χ1) is 15.6. The highest BCUT2D eigenvalue weighted by atomic mass is 32.2. The van der Waals surface area contributed by atoms with Gasteiger partial charge in [-0.25, -0.2) is 0 Å². The van der Waals surface area contributed by atoms with E-state index in [4.69, 9.17) is 14.9 Å². The molecule has 0 unspecified atom stereocenters. The van der Waals surface area contributed by atoms with Gasteiger partial charge in [0.25, 0.3) is 0 Å². The van der Waals surface area contributed by atoms with Crippen molar-refractivity contribution in [2.24, 2.45) is 10.1 Å². The molecule has 2 aromatic rings. The second-order valence-electron chi connectivity index (χ2n) is 7.87. The van der Waals surface area contributed by atoms with Crippen molar-refractivity contribution in [2.75, 3.05) is 25.6 Å². The topological polar surface area (TPSA) is 62.9 Å². The summed E-state index contributed by atoms with van der Waals surface area (Å²) in [6, 6.07) is 16.5. The van der Waals surface area contributed by atoms with Gasteiger partial charge in [0, 0.05) is 30.1 Å². The molecular formula is C26H34N4OS. The Kier molecular flexibility index (Phi) is 9.26. The van der Waals surface area contributed by atoms with Crippen molar-refractivity contribution in [3.05, 3.63) is 83.2 Å². The summed E-state index contributed by atoms with van der Waals surface area (Å²) in [7, 11) is 2.03. The molecule has 1 aliphatic heterocycles. The van der Waals surface area contributed by atoms with Crippen LogP contribution >= 0.6 is 11.9 Å². The van der Waals surface area contributed by atoms with Crippen LogP contribution in [0.2, 0.25) is 0 Å². The maximum atomic E-state index is 6.09. The number of hydrogen-bond acceptors (Lipinski definition) is 6. The third-order valence-corrected chi connectivity index (χ3v) is 5.82. The Morgan fingerprint density at radius 3 is 2.84 bits per heavy atom. The Balaban J connectivity index is 1.73. The molecule has 0 saturated heterocycles. The zero-order valence-electron chi connectivity index (χ0n) is 19.3. The number of rotatable bonds is 11. The van der Waals surface area contributed by atoms with E-state index in [9.17, 15) is 0 Å². The summed E-state index contributed by atoms with van der Waals surface area (Å²) in [5, 5.41) is 9.16. The molecule has 1 aliphatic rings. The molecule has 0 aliphatic carbocycles. The van der Waals surface area contributed by atoms with Crippen molar-refractivity contribution in [2.45, 2.75) is 38.9 Å². The van der Waals surface area contributed by atoms with Crippen molar-refractivity contribution in [3.63, 3.8) is 0 Å². The van der Waals surface area contributed by atoms with Crippen LogP contribution in [0.5, 0.6) is 5.75 Å². The van der Waals surface area contributed by atoms with Crippen LogP contribution in [0, 0.1) is 0 Å². The monoisotopic (exact) mass is 450 g/mol. The number of nitrogens with zero attached hydrogens (tertiary/aromatic N) is 2. The molecule has 1 heterocycles. The highest BCUT2D eigenvalue weighted by molar-refractivity contribution is 7.96. The smallest absolute Gasteiger partial charge is 0.120 e. The SMILES string of the molecule is CCC/C=C(\CC)COc1cccc(C2=NCN(C)C(Nc3cccc(CSN)c3)=C2)c1. The number of benzene rings is 2. The van der Waals surface area contributed by atoms with E-state index in [0.717, 1.165) is 53.5 Å². The predicted octanol–water partition coefficient (Wildman–Crippen LogP) is 5.95. The van der Waals surface area contributed by atoms with E-state index in [2.05, 4.69) is 66.5 Å². The number of unbranched alkanes of at least 4 members (excludes halogenated alkanes) is 1. The molecule has 0 aromatic heterocycles. The number of nitrogens with one attached hydrogen (secondary N) is 1. The largest absolute Gasteiger partial charge is 0.489 e. The van der Waals surface area contributed by atoms with Crippen LogP contribution in [0.25, 0.3) is 0 Å². The number of hydrogen-bond donors (Lipinski definition) is 2. The van der Waals surface area contributed by atoms with Crippen molar-refractivity contribution in [3.8, 4) is 5.75 Å². The Bertz CT molecular complexity index is 983. The van der Waals surface area contributed by atoms with Gasteiger partial charge in [-0.1, -0.05) is 62.6 Å². The van der Waals surface area contributed by atoms with E-state index in [1.54, 1.807) is 0 Å². The van der Waals surface area contributed by atoms with E-state index in [1.165, 1.54) is 23.1 Å². The lowest BCUT2D eigenvalue weighted by Crippen LogP contribution is -2.28. The van der Waals surface area contributed by atoms with Crippen LogP contribution < -0.4 is 15.2 Å². The Morgan fingerprint density at radius 2 is 2.06 bits per heavy atom. The summed E-state index contributed by atoms with van der Waals surface area (Å²) in [5.74, 6) is 2.67. The average molecular weight is 451 g/mol. The van der Waals surface area contributed by atoms with Gasteiger partial charge in [0.2, 0.25) is 0 Å². The molecule has 2 aromatic carbocycles. The number of aliphatic imine (C=N–C) groups is 1. The fourth-order valence-electron chi connectivity index (χ4n) is 3.41. The average Bonchev–Trinajstić information content (AvgIpc) is 2.81. The fraction of sp³-hybridized carbons (Fsp3) is 0.346. The molecule has 0 radical (unpaired) electrons. The predicted molar refractivity (Wildman–Crippen MR) is 138 cm³/mol. The minimum atomic E-state index is 0.595. The summed E-state index contributed by atoms with van der Waals surface area (Å²) < 4.78 is 6.09. The maximum Gasteiger partial charge on any atom is 0.120 e. The van der Waals surface area contributed by atoms with Gasteiger partial charge in [-0.3, -0.25) is 10.1 Å². The number of allylic oxidation sites excluding steroid dienone is 2. The molecule has 0 atom stereocenters. The molecule has 3 N–H and O–H groups in total. The van der Waals surface area contributed by atoms with Gasteiger partial charge in [0.1, 0.15) is 24.8 Å². The highest BCUT2D eigenvalue weighted by Crippen LogP contribution is 2.21. The number of nitrogens with two attached hydrogens (primary N) is 1. The second-order valence-corrected chi connectivity index (χ2v) is 8.49. The first kappa shape index (κ1) is 24.0. The summed E-state index contributed by atoms with van der Waals surface area (Å²) in [5.41, 5.74) is 5.58. The van der Waals surface area contributed by atoms with Crippen molar-refractivity contribution in [1.82, 2.24) is 4.90 Å². The van der Waals surface area contributed by atoms with E-state index < -0.39 is 0 Å². The van der Waals surface area contributed by atoms with Gasteiger partial charge >= 0.3 is 0 Å². The molecule has 6 heteroatoms. The zero-order valence-corrected chi connectivity index (χ0v) is 20.1. The third-order valence-electron chi connectivity index (χ3n) is 5.32. The zero-order chi connectivity index (χ0) is 22.8. The van der Waals surface area contributed by atoms with Crippen LogP contribution in [0.3, 0.4) is 0 Å². The lowest BCUT2D eigenvalue weighted by atomic mass is 10.1. The summed E-state index contributed by atoms with van der Waals surface area (Å²) >= 11 is 1.33. The van der Waals surface area contributed by atoms with E-state index in [-0.39, 0.29) is 0 Å². The minimum Gasteiger partial charge on any atom is -0.489 e. The van der Waals surface area contributed by atoms with Crippen LogP contribution in [-0.4, -0.2) is 30.9 Å².